The first kappa shape index (κ1) is 20.4. The van der Waals surface area contributed by atoms with Crippen LogP contribution in [0.1, 0.15) is 10.4 Å². The number of rotatable bonds is 9. The summed E-state index contributed by atoms with van der Waals surface area (Å²) in [5, 5.41) is 4.53. The number of carbonyl (C=O) groups excluding carboxylic acids is 2. The molecule has 144 valence electrons. The van der Waals surface area contributed by atoms with Gasteiger partial charge in [0.2, 0.25) is 0 Å². The largest absolute Gasteiger partial charge is 0.493 e. The average molecular weight is 397 g/mol. The molecule has 0 aliphatic heterocycles. The van der Waals surface area contributed by atoms with Gasteiger partial charge in [-0.3, -0.25) is 4.79 Å². The minimum atomic E-state index is -2.97. The summed E-state index contributed by atoms with van der Waals surface area (Å²) < 4.78 is 38.7. The molecule has 1 aromatic carbocycles. The van der Waals surface area contributed by atoms with Crippen LogP contribution in [0, 0.1) is 0 Å². The Labute approximate surface area is 158 Å². The van der Waals surface area contributed by atoms with E-state index in [9.17, 15) is 18.4 Å². The zero-order chi connectivity index (χ0) is 19.6. The zero-order valence-electron chi connectivity index (χ0n) is 14.3. The summed E-state index contributed by atoms with van der Waals surface area (Å²) in [5.74, 6) is -1.15. The van der Waals surface area contributed by atoms with Gasteiger partial charge in [0, 0.05) is 11.0 Å². The molecule has 0 aliphatic carbocycles. The minimum absolute atomic E-state index is 0.0961. The number of thiophene rings is 1. The molecular weight excluding hydrogens is 380 g/mol. The second-order valence-corrected chi connectivity index (χ2v) is 6.12. The molecule has 0 spiro atoms. The van der Waals surface area contributed by atoms with Crippen LogP contribution in [0.4, 0.5) is 8.78 Å². The van der Waals surface area contributed by atoms with E-state index in [-0.39, 0.29) is 11.5 Å². The van der Waals surface area contributed by atoms with Crippen molar-refractivity contribution in [2.24, 2.45) is 0 Å². The fourth-order valence-corrected chi connectivity index (χ4v) is 2.62. The maximum atomic E-state index is 12.3. The molecule has 2 aromatic rings. The Balaban J connectivity index is 1.82. The maximum Gasteiger partial charge on any atom is 0.387 e. The number of hydrogen-bond acceptors (Lipinski definition) is 6. The Morgan fingerprint density at radius 2 is 2.07 bits per heavy atom. The Morgan fingerprint density at radius 1 is 1.26 bits per heavy atom. The van der Waals surface area contributed by atoms with Crippen LogP contribution >= 0.6 is 11.3 Å². The second kappa shape index (κ2) is 10.3. The van der Waals surface area contributed by atoms with Crippen LogP contribution in [-0.2, 0) is 20.9 Å². The van der Waals surface area contributed by atoms with Gasteiger partial charge in [-0.2, -0.15) is 8.78 Å². The van der Waals surface area contributed by atoms with Gasteiger partial charge in [0.1, 0.15) is 0 Å². The highest BCUT2D eigenvalue weighted by molar-refractivity contribution is 7.09. The summed E-state index contributed by atoms with van der Waals surface area (Å²) in [6.45, 7) is -3.00. The molecule has 0 bridgehead atoms. The van der Waals surface area contributed by atoms with E-state index in [1.807, 2.05) is 17.5 Å². The van der Waals surface area contributed by atoms with E-state index in [0.717, 1.165) is 11.0 Å². The first-order valence-electron chi connectivity index (χ1n) is 7.74. The normalized spacial score (nSPS) is 10.8. The van der Waals surface area contributed by atoms with Crippen molar-refractivity contribution < 1.29 is 32.6 Å². The quantitative estimate of drug-likeness (QED) is 0.520. The maximum absolute atomic E-state index is 12.3. The number of carbonyl (C=O) groups is 2. The smallest absolute Gasteiger partial charge is 0.387 e. The summed E-state index contributed by atoms with van der Waals surface area (Å²) in [6, 6.07) is 7.95. The third-order valence-electron chi connectivity index (χ3n) is 3.20. The highest BCUT2D eigenvalue weighted by atomic mass is 32.1. The van der Waals surface area contributed by atoms with Gasteiger partial charge in [-0.1, -0.05) is 12.1 Å². The zero-order valence-corrected chi connectivity index (χ0v) is 15.1. The van der Waals surface area contributed by atoms with Crippen molar-refractivity contribution >= 4 is 29.3 Å². The van der Waals surface area contributed by atoms with Crippen molar-refractivity contribution in [2.75, 3.05) is 13.7 Å². The molecule has 0 unspecified atom stereocenters. The van der Waals surface area contributed by atoms with Crippen molar-refractivity contribution in [1.82, 2.24) is 5.32 Å². The molecule has 0 aliphatic rings. The fraction of sp³-hybridized carbons (Fsp3) is 0.222. The van der Waals surface area contributed by atoms with E-state index < -0.39 is 25.1 Å². The van der Waals surface area contributed by atoms with Gasteiger partial charge in [0.05, 0.1) is 13.7 Å². The lowest BCUT2D eigenvalue weighted by Crippen LogP contribution is -2.27. The fourth-order valence-electron chi connectivity index (χ4n) is 1.98. The molecule has 0 atom stereocenters. The Bertz CT molecular complexity index is 793. The van der Waals surface area contributed by atoms with Crippen molar-refractivity contribution in [2.45, 2.75) is 13.2 Å². The molecule has 2 rings (SSSR count). The van der Waals surface area contributed by atoms with Gasteiger partial charge in [-0.05, 0) is 35.2 Å². The predicted molar refractivity (Wildman–Crippen MR) is 95.8 cm³/mol. The Kier molecular flexibility index (Phi) is 7.75. The van der Waals surface area contributed by atoms with Crippen molar-refractivity contribution in [3.8, 4) is 11.5 Å². The lowest BCUT2D eigenvalue weighted by atomic mass is 10.2. The van der Waals surface area contributed by atoms with E-state index in [1.165, 1.54) is 42.7 Å². The van der Waals surface area contributed by atoms with E-state index >= 15 is 0 Å². The third-order valence-corrected chi connectivity index (χ3v) is 4.08. The molecule has 1 aromatic heterocycles. The van der Waals surface area contributed by atoms with Crippen molar-refractivity contribution in [1.29, 1.82) is 0 Å². The van der Waals surface area contributed by atoms with Crippen LogP contribution in [0.15, 0.2) is 41.8 Å². The SMILES string of the molecule is COc1cc(/C=C/C(=O)OCC(=O)NCc2cccs2)ccc1OC(F)F. The van der Waals surface area contributed by atoms with Crippen LogP contribution in [-0.4, -0.2) is 32.2 Å². The Hall–Kier alpha value is -2.94. The van der Waals surface area contributed by atoms with Gasteiger partial charge in [0.25, 0.3) is 5.91 Å². The highest BCUT2D eigenvalue weighted by Crippen LogP contribution is 2.29. The number of nitrogens with one attached hydrogen (secondary N) is 1. The van der Waals surface area contributed by atoms with E-state index in [0.29, 0.717) is 12.1 Å². The monoisotopic (exact) mass is 397 g/mol. The first-order valence-corrected chi connectivity index (χ1v) is 8.62. The Morgan fingerprint density at radius 3 is 2.74 bits per heavy atom. The lowest BCUT2D eigenvalue weighted by molar-refractivity contribution is -0.143. The predicted octanol–water partition coefficient (Wildman–Crippen LogP) is 3.23. The summed E-state index contributed by atoms with van der Waals surface area (Å²) in [6.07, 6.45) is 2.52. The highest BCUT2D eigenvalue weighted by Gasteiger charge is 2.10. The molecule has 27 heavy (non-hydrogen) atoms. The summed E-state index contributed by atoms with van der Waals surface area (Å²) in [4.78, 5) is 24.3. The molecule has 0 fully saturated rings. The molecule has 1 amide bonds. The second-order valence-electron chi connectivity index (χ2n) is 5.09. The lowest BCUT2D eigenvalue weighted by Gasteiger charge is -2.10. The summed E-state index contributed by atoms with van der Waals surface area (Å²) in [7, 11) is 1.31. The number of benzene rings is 1. The summed E-state index contributed by atoms with van der Waals surface area (Å²) in [5.41, 5.74) is 0.507. The molecule has 0 saturated carbocycles. The van der Waals surface area contributed by atoms with Gasteiger partial charge < -0.3 is 19.5 Å². The number of alkyl halides is 2. The number of halogens is 2. The molecule has 1 N–H and O–H groups in total. The van der Waals surface area contributed by atoms with E-state index in [2.05, 4.69) is 10.1 Å². The van der Waals surface area contributed by atoms with Crippen LogP contribution in [0.5, 0.6) is 11.5 Å². The molecule has 6 nitrogen and oxygen atoms in total. The van der Waals surface area contributed by atoms with E-state index in [1.54, 1.807) is 0 Å². The van der Waals surface area contributed by atoms with Crippen molar-refractivity contribution in [3.05, 3.63) is 52.2 Å². The molecular formula is C18H17F2NO5S. The molecule has 1 heterocycles. The van der Waals surface area contributed by atoms with Gasteiger partial charge in [-0.25, -0.2) is 4.79 Å². The van der Waals surface area contributed by atoms with Gasteiger partial charge in [0.15, 0.2) is 18.1 Å². The summed E-state index contributed by atoms with van der Waals surface area (Å²) >= 11 is 1.51. The number of hydrogen-bond donors (Lipinski definition) is 1. The minimum Gasteiger partial charge on any atom is -0.493 e. The van der Waals surface area contributed by atoms with Crippen LogP contribution in [0.3, 0.4) is 0 Å². The first-order chi connectivity index (χ1) is 13.0. The van der Waals surface area contributed by atoms with Gasteiger partial charge in [-0.15, -0.1) is 11.3 Å². The molecule has 9 heteroatoms. The average Bonchev–Trinajstić information content (AvgIpc) is 3.17. The van der Waals surface area contributed by atoms with Crippen LogP contribution in [0.25, 0.3) is 6.08 Å². The topological polar surface area (TPSA) is 73.9 Å². The molecule has 0 radical (unpaired) electrons. The van der Waals surface area contributed by atoms with Gasteiger partial charge >= 0.3 is 12.6 Å². The van der Waals surface area contributed by atoms with Crippen LogP contribution in [0.2, 0.25) is 0 Å². The molecule has 0 saturated heterocycles. The number of methoxy groups -OCH3 is 1. The number of esters is 1. The standard InChI is InChI=1S/C18H17F2NO5S/c1-24-15-9-12(4-6-14(15)26-18(19)20)5-7-17(23)25-11-16(22)21-10-13-3-2-8-27-13/h2-9,18H,10-11H2,1H3,(H,21,22)/b7-5+. The number of amides is 1. The van der Waals surface area contributed by atoms with Crippen LogP contribution < -0.4 is 14.8 Å². The van der Waals surface area contributed by atoms with Crippen molar-refractivity contribution in [3.63, 3.8) is 0 Å². The number of ether oxygens (including phenoxy) is 3. The third kappa shape index (κ3) is 7.06. The van der Waals surface area contributed by atoms with E-state index in [4.69, 9.17) is 9.47 Å².